The summed E-state index contributed by atoms with van der Waals surface area (Å²) in [6, 6.07) is 0. The van der Waals surface area contributed by atoms with Crippen LogP contribution >= 0.6 is 11.6 Å². The van der Waals surface area contributed by atoms with E-state index >= 15 is 0 Å². The molecule has 0 amide bonds. The van der Waals surface area contributed by atoms with Crippen LogP contribution in [0.4, 0.5) is 0 Å². The van der Waals surface area contributed by atoms with E-state index in [1.807, 2.05) is 0 Å². The van der Waals surface area contributed by atoms with Crippen LogP contribution in [0.5, 0.6) is 0 Å². The number of hydrogen-bond acceptors (Lipinski definition) is 1. The molecule has 2 rings (SSSR count). The summed E-state index contributed by atoms with van der Waals surface area (Å²) < 4.78 is 5.77. The molecular weight excluding hydrogens is 172 g/mol. The summed E-state index contributed by atoms with van der Waals surface area (Å²) in [6.07, 6.45) is 7.08. The Labute approximate surface area is 79.4 Å². The molecule has 12 heavy (non-hydrogen) atoms. The van der Waals surface area contributed by atoms with E-state index in [0.717, 1.165) is 5.92 Å². The first-order chi connectivity index (χ1) is 5.77. The average Bonchev–Trinajstić information content (AvgIpc) is 2.07. The molecule has 0 aromatic heterocycles. The van der Waals surface area contributed by atoms with E-state index in [4.69, 9.17) is 16.3 Å². The topological polar surface area (TPSA) is 9.23 Å². The van der Waals surface area contributed by atoms with Crippen molar-refractivity contribution in [2.75, 3.05) is 0 Å². The monoisotopic (exact) mass is 188 g/mol. The first-order valence-electron chi connectivity index (χ1n) is 5.07. The van der Waals surface area contributed by atoms with Gasteiger partial charge >= 0.3 is 0 Å². The fourth-order valence-corrected chi connectivity index (χ4v) is 2.74. The minimum absolute atomic E-state index is 0.0238. The Bertz CT molecular complexity index is 142. The quantitative estimate of drug-likeness (QED) is 0.531. The van der Waals surface area contributed by atoms with Crippen molar-refractivity contribution in [2.24, 2.45) is 11.8 Å². The summed E-state index contributed by atoms with van der Waals surface area (Å²) in [5, 5.41) is 0. The molecule has 0 bridgehead atoms. The molecule has 1 heterocycles. The zero-order valence-electron chi connectivity index (χ0n) is 7.63. The van der Waals surface area contributed by atoms with Crippen molar-refractivity contribution in [3.63, 3.8) is 0 Å². The van der Waals surface area contributed by atoms with Gasteiger partial charge in [0.1, 0.15) is 5.56 Å². The standard InChI is InChI=1S/C10H17ClO/c1-7-6-8-4-2-3-5-9(8)12-10(7)11/h7-10H,2-6H2,1H3. The third kappa shape index (κ3) is 1.62. The van der Waals surface area contributed by atoms with Crippen LogP contribution in [-0.4, -0.2) is 11.7 Å². The van der Waals surface area contributed by atoms with Crippen molar-refractivity contribution in [3.8, 4) is 0 Å². The van der Waals surface area contributed by atoms with Crippen LogP contribution < -0.4 is 0 Å². The van der Waals surface area contributed by atoms with Gasteiger partial charge in [0.25, 0.3) is 0 Å². The molecule has 0 aromatic rings. The molecule has 4 unspecified atom stereocenters. The summed E-state index contributed by atoms with van der Waals surface area (Å²) in [4.78, 5) is 0. The van der Waals surface area contributed by atoms with E-state index in [9.17, 15) is 0 Å². The van der Waals surface area contributed by atoms with E-state index in [1.165, 1.54) is 32.1 Å². The number of ether oxygens (including phenoxy) is 1. The van der Waals surface area contributed by atoms with Crippen LogP contribution in [-0.2, 0) is 4.74 Å². The Morgan fingerprint density at radius 3 is 2.83 bits per heavy atom. The lowest BCUT2D eigenvalue weighted by Crippen LogP contribution is -2.39. The van der Waals surface area contributed by atoms with Crippen molar-refractivity contribution < 1.29 is 4.74 Å². The summed E-state index contributed by atoms with van der Waals surface area (Å²) in [7, 11) is 0. The second-order valence-electron chi connectivity index (χ2n) is 4.28. The first kappa shape index (κ1) is 8.83. The molecular formula is C10H17ClO. The van der Waals surface area contributed by atoms with Crippen LogP contribution in [0.1, 0.15) is 39.0 Å². The number of halogens is 1. The van der Waals surface area contributed by atoms with E-state index < -0.39 is 0 Å². The molecule has 1 aliphatic heterocycles. The third-order valence-electron chi connectivity index (χ3n) is 3.27. The molecule has 1 saturated carbocycles. The highest BCUT2D eigenvalue weighted by molar-refractivity contribution is 6.19. The van der Waals surface area contributed by atoms with Crippen LogP contribution in [0.25, 0.3) is 0 Å². The lowest BCUT2D eigenvalue weighted by atomic mass is 9.79. The van der Waals surface area contributed by atoms with Gasteiger partial charge in [-0.2, -0.15) is 0 Å². The predicted molar refractivity (Wildman–Crippen MR) is 50.3 cm³/mol. The largest absolute Gasteiger partial charge is 0.359 e. The number of hydrogen-bond donors (Lipinski definition) is 0. The van der Waals surface area contributed by atoms with Crippen molar-refractivity contribution in [1.82, 2.24) is 0 Å². The molecule has 4 atom stereocenters. The molecule has 70 valence electrons. The SMILES string of the molecule is CC1CC2CCCCC2OC1Cl. The number of alkyl halides is 1. The summed E-state index contributed by atoms with van der Waals surface area (Å²) >= 11 is 6.06. The molecule has 2 fully saturated rings. The van der Waals surface area contributed by atoms with Gasteiger partial charge in [-0.05, 0) is 31.1 Å². The minimum atomic E-state index is -0.0238. The Kier molecular flexibility index (Phi) is 2.61. The van der Waals surface area contributed by atoms with E-state index in [2.05, 4.69) is 6.92 Å². The van der Waals surface area contributed by atoms with Gasteiger partial charge in [-0.1, -0.05) is 31.4 Å². The highest BCUT2D eigenvalue weighted by atomic mass is 35.5. The lowest BCUT2D eigenvalue weighted by molar-refractivity contribution is -0.0902. The maximum absolute atomic E-state index is 6.06. The molecule has 1 saturated heterocycles. The van der Waals surface area contributed by atoms with E-state index in [-0.39, 0.29) is 5.56 Å². The highest BCUT2D eigenvalue weighted by Crippen LogP contribution is 2.39. The predicted octanol–water partition coefficient (Wildman–Crippen LogP) is 3.17. The third-order valence-corrected chi connectivity index (χ3v) is 3.80. The van der Waals surface area contributed by atoms with Gasteiger partial charge in [-0.3, -0.25) is 0 Å². The molecule has 1 nitrogen and oxygen atoms in total. The van der Waals surface area contributed by atoms with Crippen LogP contribution in [0.2, 0.25) is 0 Å². The Morgan fingerprint density at radius 2 is 2.00 bits per heavy atom. The van der Waals surface area contributed by atoms with Crippen LogP contribution in [0.3, 0.4) is 0 Å². The van der Waals surface area contributed by atoms with Gasteiger partial charge in [0.15, 0.2) is 0 Å². The van der Waals surface area contributed by atoms with Gasteiger partial charge in [-0.15, -0.1) is 0 Å². The van der Waals surface area contributed by atoms with Gasteiger partial charge < -0.3 is 4.74 Å². The molecule has 0 aromatic carbocycles. The van der Waals surface area contributed by atoms with Crippen LogP contribution in [0, 0.1) is 11.8 Å². The Morgan fingerprint density at radius 1 is 1.25 bits per heavy atom. The van der Waals surface area contributed by atoms with Gasteiger partial charge in [0.2, 0.25) is 0 Å². The van der Waals surface area contributed by atoms with Crippen molar-refractivity contribution >= 4 is 11.6 Å². The minimum Gasteiger partial charge on any atom is -0.359 e. The average molecular weight is 189 g/mol. The summed E-state index contributed by atoms with van der Waals surface area (Å²) in [5.41, 5.74) is -0.0238. The van der Waals surface area contributed by atoms with Gasteiger partial charge in [-0.25, -0.2) is 0 Å². The molecule has 1 aliphatic carbocycles. The van der Waals surface area contributed by atoms with Crippen molar-refractivity contribution in [2.45, 2.75) is 50.7 Å². The Balaban J connectivity index is 1.98. The van der Waals surface area contributed by atoms with E-state index in [0.29, 0.717) is 12.0 Å². The van der Waals surface area contributed by atoms with Crippen molar-refractivity contribution in [3.05, 3.63) is 0 Å². The molecule has 2 aliphatic rings. The van der Waals surface area contributed by atoms with Gasteiger partial charge in [0, 0.05) is 0 Å². The summed E-state index contributed by atoms with van der Waals surface area (Å²) in [6.45, 7) is 2.20. The fraction of sp³-hybridized carbons (Fsp3) is 1.00. The number of fused-ring (bicyclic) bond motifs is 1. The smallest absolute Gasteiger partial charge is 0.134 e. The molecule has 0 N–H and O–H groups in total. The first-order valence-corrected chi connectivity index (χ1v) is 5.50. The maximum atomic E-state index is 6.06. The molecule has 0 radical (unpaired) electrons. The van der Waals surface area contributed by atoms with E-state index in [1.54, 1.807) is 0 Å². The highest BCUT2D eigenvalue weighted by Gasteiger charge is 2.35. The Hall–Kier alpha value is 0.250. The second kappa shape index (κ2) is 3.55. The van der Waals surface area contributed by atoms with Crippen molar-refractivity contribution in [1.29, 1.82) is 0 Å². The number of rotatable bonds is 0. The zero-order valence-corrected chi connectivity index (χ0v) is 8.39. The molecule has 2 heteroatoms. The second-order valence-corrected chi connectivity index (χ2v) is 4.71. The maximum Gasteiger partial charge on any atom is 0.134 e. The zero-order chi connectivity index (χ0) is 8.55. The molecule has 0 spiro atoms. The van der Waals surface area contributed by atoms with Gasteiger partial charge in [0.05, 0.1) is 6.10 Å². The normalized spacial score (nSPS) is 48.5. The lowest BCUT2D eigenvalue weighted by Gasteiger charge is -2.40. The summed E-state index contributed by atoms with van der Waals surface area (Å²) in [5.74, 6) is 1.36. The fourth-order valence-electron chi connectivity index (χ4n) is 2.51. The van der Waals surface area contributed by atoms with Crippen LogP contribution in [0.15, 0.2) is 0 Å².